The van der Waals surface area contributed by atoms with Gasteiger partial charge in [0, 0.05) is 18.0 Å². The highest BCUT2D eigenvalue weighted by molar-refractivity contribution is 5.85. The standard InChI is InChI=1S/C10H10N2O.ClH/c1-13-9-4-2-3-8(7-9)10-11-5-6-12-10;/h2-7H,1H3,(H,11,12);1H. The molecule has 14 heavy (non-hydrogen) atoms. The smallest absolute Gasteiger partial charge is 0.137 e. The lowest BCUT2D eigenvalue weighted by atomic mass is 10.2. The van der Waals surface area contributed by atoms with Crippen LogP contribution in [0.4, 0.5) is 0 Å². The summed E-state index contributed by atoms with van der Waals surface area (Å²) in [6.07, 6.45) is 3.53. The number of ether oxygens (including phenoxy) is 1. The van der Waals surface area contributed by atoms with E-state index in [1.807, 2.05) is 24.3 Å². The Morgan fingerprint density at radius 1 is 1.36 bits per heavy atom. The normalized spacial score (nSPS) is 9.21. The van der Waals surface area contributed by atoms with E-state index < -0.39 is 0 Å². The second-order valence-corrected chi connectivity index (χ2v) is 2.67. The molecule has 0 spiro atoms. The zero-order valence-electron chi connectivity index (χ0n) is 7.73. The SMILES string of the molecule is COc1cccc(-c2ncc[nH]2)c1.Cl. The summed E-state index contributed by atoms with van der Waals surface area (Å²) in [5.74, 6) is 1.70. The average molecular weight is 211 g/mol. The fraction of sp³-hybridized carbons (Fsp3) is 0.100. The number of methoxy groups -OCH3 is 1. The van der Waals surface area contributed by atoms with Gasteiger partial charge in [0.05, 0.1) is 7.11 Å². The van der Waals surface area contributed by atoms with Crippen molar-refractivity contribution in [3.05, 3.63) is 36.7 Å². The van der Waals surface area contributed by atoms with E-state index in [1.54, 1.807) is 19.5 Å². The number of aromatic amines is 1. The van der Waals surface area contributed by atoms with E-state index in [9.17, 15) is 0 Å². The molecule has 1 N–H and O–H groups in total. The Bertz CT molecular complexity index is 387. The first-order valence-corrected chi connectivity index (χ1v) is 4.04. The molecule has 4 heteroatoms. The van der Waals surface area contributed by atoms with Crippen molar-refractivity contribution in [3.8, 4) is 17.1 Å². The molecule has 1 heterocycles. The van der Waals surface area contributed by atoms with Gasteiger partial charge in [-0.2, -0.15) is 0 Å². The summed E-state index contributed by atoms with van der Waals surface area (Å²) in [4.78, 5) is 7.19. The number of hydrogen-bond acceptors (Lipinski definition) is 2. The van der Waals surface area contributed by atoms with Crippen LogP contribution in [0, 0.1) is 0 Å². The summed E-state index contributed by atoms with van der Waals surface area (Å²) in [5, 5.41) is 0. The molecule has 2 rings (SSSR count). The Balaban J connectivity index is 0.000000980. The van der Waals surface area contributed by atoms with E-state index in [2.05, 4.69) is 9.97 Å². The van der Waals surface area contributed by atoms with Crippen LogP contribution in [0.15, 0.2) is 36.7 Å². The van der Waals surface area contributed by atoms with Gasteiger partial charge in [0.25, 0.3) is 0 Å². The molecule has 0 aliphatic rings. The highest BCUT2D eigenvalue weighted by Crippen LogP contribution is 2.19. The lowest BCUT2D eigenvalue weighted by Crippen LogP contribution is -1.84. The van der Waals surface area contributed by atoms with Crippen LogP contribution >= 0.6 is 12.4 Å². The Morgan fingerprint density at radius 2 is 2.21 bits per heavy atom. The van der Waals surface area contributed by atoms with Crippen LogP contribution < -0.4 is 4.74 Å². The Kier molecular flexibility index (Phi) is 3.54. The van der Waals surface area contributed by atoms with Crippen molar-refractivity contribution in [1.29, 1.82) is 0 Å². The van der Waals surface area contributed by atoms with E-state index in [1.165, 1.54) is 0 Å². The Labute approximate surface area is 88.5 Å². The predicted molar refractivity (Wildman–Crippen MR) is 57.8 cm³/mol. The van der Waals surface area contributed by atoms with Gasteiger partial charge in [-0.25, -0.2) is 4.98 Å². The third kappa shape index (κ3) is 2.06. The summed E-state index contributed by atoms with van der Waals surface area (Å²) in [7, 11) is 1.65. The fourth-order valence-electron chi connectivity index (χ4n) is 1.19. The molecule has 1 aromatic heterocycles. The third-order valence-corrected chi connectivity index (χ3v) is 1.84. The molecule has 0 atom stereocenters. The molecule has 0 fully saturated rings. The molecular formula is C10H11ClN2O. The van der Waals surface area contributed by atoms with Crippen LogP contribution in [0.1, 0.15) is 0 Å². The minimum atomic E-state index is 0. The van der Waals surface area contributed by atoms with E-state index in [0.29, 0.717) is 0 Å². The Hall–Kier alpha value is -1.48. The van der Waals surface area contributed by atoms with E-state index >= 15 is 0 Å². The maximum absolute atomic E-state index is 5.11. The van der Waals surface area contributed by atoms with Crippen molar-refractivity contribution in [1.82, 2.24) is 9.97 Å². The molecule has 0 bridgehead atoms. The van der Waals surface area contributed by atoms with Crippen LogP contribution in [0.25, 0.3) is 11.4 Å². The maximum atomic E-state index is 5.11. The number of aromatic nitrogens is 2. The topological polar surface area (TPSA) is 37.9 Å². The molecule has 1 aromatic carbocycles. The number of nitrogens with one attached hydrogen (secondary N) is 1. The van der Waals surface area contributed by atoms with E-state index in [0.717, 1.165) is 17.1 Å². The molecule has 0 aliphatic carbocycles. The molecule has 0 unspecified atom stereocenters. The molecule has 0 saturated heterocycles. The van der Waals surface area contributed by atoms with Gasteiger partial charge in [-0.15, -0.1) is 12.4 Å². The minimum absolute atomic E-state index is 0. The second kappa shape index (κ2) is 4.67. The molecule has 74 valence electrons. The van der Waals surface area contributed by atoms with Gasteiger partial charge in [-0.05, 0) is 12.1 Å². The third-order valence-electron chi connectivity index (χ3n) is 1.84. The summed E-state index contributed by atoms with van der Waals surface area (Å²) in [6.45, 7) is 0. The van der Waals surface area contributed by atoms with Gasteiger partial charge in [0.2, 0.25) is 0 Å². The Morgan fingerprint density at radius 3 is 2.86 bits per heavy atom. The second-order valence-electron chi connectivity index (χ2n) is 2.67. The molecule has 0 saturated carbocycles. The molecule has 2 aromatic rings. The first-order chi connectivity index (χ1) is 6.40. The number of benzene rings is 1. The predicted octanol–water partition coefficient (Wildman–Crippen LogP) is 2.51. The number of rotatable bonds is 2. The van der Waals surface area contributed by atoms with Crippen LogP contribution in [-0.4, -0.2) is 17.1 Å². The van der Waals surface area contributed by atoms with E-state index in [4.69, 9.17) is 4.74 Å². The van der Waals surface area contributed by atoms with Gasteiger partial charge >= 0.3 is 0 Å². The lowest BCUT2D eigenvalue weighted by molar-refractivity contribution is 0.415. The lowest BCUT2D eigenvalue weighted by Gasteiger charge is -2.00. The summed E-state index contributed by atoms with van der Waals surface area (Å²) in [6, 6.07) is 7.78. The van der Waals surface area contributed by atoms with Crippen molar-refractivity contribution in [3.63, 3.8) is 0 Å². The molecule has 3 nitrogen and oxygen atoms in total. The average Bonchev–Trinajstić information content (AvgIpc) is 2.71. The van der Waals surface area contributed by atoms with Crippen molar-refractivity contribution in [2.24, 2.45) is 0 Å². The van der Waals surface area contributed by atoms with Crippen LogP contribution in [-0.2, 0) is 0 Å². The molecular weight excluding hydrogens is 200 g/mol. The first kappa shape index (κ1) is 10.6. The fourth-order valence-corrected chi connectivity index (χ4v) is 1.19. The number of hydrogen-bond donors (Lipinski definition) is 1. The summed E-state index contributed by atoms with van der Waals surface area (Å²) in [5.41, 5.74) is 1.03. The van der Waals surface area contributed by atoms with Gasteiger partial charge in [0.1, 0.15) is 11.6 Å². The van der Waals surface area contributed by atoms with Crippen LogP contribution in [0.5, 0.6) is 5.75 Å². The van der Waals surface area contributed by atoms with Crippen molar-refractivity contribution in [2.75, 3.05) is 7.11 Å². The zero-order valence-corrected chi connectivity index (χ0v) is 8.54. The van der Waals surface area contributed by atoms with Gasteiger partial charge in [-0.1, -0.05) is 12.1 Å². The van der Waals surface area contributed by atoms with Crippen molar-refractivity contribution in [2.45, 2.75) is 0 Å². The van der Waals surface area contributed by atoms with Gasteiger partial charge in [-0.3, -0.25) is 0 Å². The largest absolute Gasteiger partial charge is 0.497 e. The summed E-state index contributed by atoms with van der Waals surface area (Å²) < 4.78 is 5.11. The molecule has 0 aliphatic heterocycles. The number of imidazole rings is 1. The van der Waals surface area contributed by atoms with Gasteiger partial charge < -0.3 is 9.72 Å². The highest BCUT2D eigenvalue weighted by atomic mass is 35.5. The van der Waals surface area contributed by atoms with Crippen LogP contribution in [0.2, 0.25) is 0 Å². The number of halogens is 1. The van der Waals surface area contributed by atoms with Gasteiger partial charge in [0.15, 0.2) is 0 Å². The molecule has 0 amide bonds. The number of nitrogens with zero attached hydrogens (tertiary/aromatic N) is 1. The molecule has 0 radical (unpaired) electrons. The highest BCUT2D eigenvalue weighted by Gasteiger charge is 1.99. The monoisotopic (exact) mass is 210 g/mol. The first-order valence-electron chi connectivity index (χ1n) is 4.04. The maximum Gasteiger partial charge on any atom is 0.137 e. The number of H-pyrrole nitrogens is 1. The summed E-state index contributed by atoms with van der Waals surface area (Å²) >= 11 is 0. The van der Waals surface area contributed by atoms with Crippen molar-refractivity contribution >= 4 is 12.4 Å². The van der Waals surface area contributed by atoms with Crippen LogP contribution in [0.3, 0.4) is 0 Å². The van der Waals surface area contributed by atoms with Crippen molar-refractivity contribution < 1.29 is 4.74 Å². The zero-order chi connectivity index (χ0) is 9.10. The van der Waals surface area contributed by atoms with E-state index in [-0.39, 0.29) is 12.4 Å². The quantitative estimate of drug-likeness (QED) is 0.827. The minimum Gasteiger partial charge on any atom is -0.497 e.